The Labute approximate surface area is 139 Å². The Kier molecular flexibility index (Phi) is 5.56. The molecular formula is C15H28IN3O. The van der Waals surface area contributed by atoms with E-state index in [1.807, 2.05) is 0 Å². The van der Waals surface area contributed by atoms with E-state index in [0.29, 0.717) is 17.6 Å². The van der Waals surface area contributed by atoms with Crippen LogP contribution in [0.4, 0.5) is 0 Å². The van der Waals surface area contributed by atoms with Crippen LogP contribution >= 0.6 is 24.0 Å². The molecule has 2 N–H and O–H groups in total. The van der Waals surface area contributed by atoms with Gasteiger partial charge in [-0.1, -0.05) is 6.42 Å². The molecule has 2 atom stereocenters. The van der Waals surface area contributed by atoms with E-state index in [1.54, 1.807) is 0 Å². The number of rotatable bonds is 3. The van der Waals surface area contributed by atoms with Gasteiger partial charge in [-0.05, 0) is 45.4 Å². The lowest BCUT2D eigenvalue weighted by Crippen LogP contribution is -2.62. The van der Waals surface area contributed by atoms with Crippen molar-refractivity contribution in [3.63, 3.8) is 0 Å². The highest BCUT2D eigenvalue weighted by Crippen LogP contribution is 2.58. The van der Waals surface area contributed by atoms with Crippen LogP contribution in [0.5, 0.6) is 0 Å². The number of nitrogens with zero attached hydrogens (tertiary/aromatic N) is 2. The molecule has 2 aliphatic carbocycles. The van der Waals surface area contributed by atoms with Crippen LogP contribution in [0.15, 0.2) is 4.99 Å². The Morgan fingerprint density at radius 1 is 1.25 bits per heavy atom. The Morgan fingerprint density at radius 3 is 2.50 bits per heavy atom. The second-order valence-corrected chi connectivity index (χ2v) is 6.32. The van der Waals surface area contributed by atoms with Crippen LogP contribution < -0.4 is 5.73 Å². The molecule has 2 unspecified atom stereocenters. The highest BCUT2D eigenvalue weighted by atomic mass is 127. The maximum Gasteiger partial charge on any atom is 0.191 e. The van der Waals surface area contributed by atoms with Crippen LogP contribution in [-0.2, 0) is 4.74 Å². The van der Waals surface area contributed by atoms with Gasteiger partial charge in [0.05, 0.1) is 12.1 Å². The van der Waals surface area contributed by atoms with Crippen molar-refractivity contribution in [3.8, 4) is 0 Å². The van der Waals surface area contributed by atoms with E-state index in [-0.39, 0.29) is 24.0 Å². The van der Waals surface area contributed by atoms with Gasteiger partial charge >= 0.3 is 0 Å². The van der Waals surface area contributed by atoms with Crippen molar-refractivity contribution in [1.29, 1.82) is 0 Å². The molecule has 1 aliphatic heterocycles. The van der Waals surface area contributed by atoms with E-state index in [2.05, 4.69) is 11.8 Å². The molecule has 3 fully saturated rings. The van der Waals surface area contributed by atoms with Gasteiger partial charge in [-0.2, -0.15) is 0 Å². The molecular weight excluding hydrogens is 365 g/mol. The summed E-state index contributed by atoms with van der Waals surface area (Å²) in [5.41, 5.74) is 6.56. The van der Waals surface area contributed by atoms with Gasteiger partial charge < -0.3 is 15.4 Å². The Balaban J connectivity index is 0.00000147. The first-order valence-corrected chi connectivity index (χ1v) is 7.96. The monoisotopic (exact) mass is 393 g/mol. The zero-order valence-corrected chi connectivity index (χ0v) is 14.8. The van der Waals surface area contributed by atoms with Crippen molar-refractivity contribution in [2.75, 3.05) is 19.7 Å². The molecule has 0 aromatic rings. The summed E-state index contributed by atoms with van der Waals surface area (Å²) in [6.07, 6.45) is 9.25. The summed E-state index contributed by atoms with van der Waals surface area (Å²) in [5.74, 6) is 0.783. The van der Waals surface area contributed by atoms with Gasteiger partial charge in [0.1, 0.15) is 0 Å². The third kappa shape index (κ3) is 2.80. The zero-order valence-electron chi connectivity index (χ0n) is 12.5. The quantitative estimate of drug-likeness (QED) is 0.456. The van der Waals surface area contributed by atoms with E-state index in [1.165, 1.54) is 38.5 Å². The van der Waals surface area contributed by atoms with Crippen LogP contribution in [0.3, 0.4) is 0 Å². The molecule has 0 amide bonds. The van der Waals surface area contributed by atoms with E-state index < -0.39 is 0 Å². The molecule has 1 spiro atoms. The van der Waals surface area contributed by atoms with Gasteiger partial charge in [0.25, 0.3) is 0 Å². The predicted octanol–water partition coefficient (Wildman–Crippen LogP) is 2.75. The molecule has 4 nitrogen and oxygen atoms in total. The largest absolute Gasteiger partial charge is 0.378 e. The van der Waals surface area contributed by atoms with Crippen LogP contribution in [0.1, 0.15) is 51.9 Å². The molecule has 116 valence electrons. The normalized spacial score (nSPS) is 32.2. The van der Waals surface area contributed by atoms with Crippen LogP contribution in [0.2, 0.25) is 0 Å². The number of aliphatic imine (C=N–C) groups is 1. The van der Waals surface area contributed by atoms with Crippen LogP contribution in [-0.4, -0.2) is 42.7 Å². The molecule has 0 bridgehead atoms. The molecule has 0 aromatic heterocycles. The Bertz CT molecular complexity index is 351. The zero-order chi connectivity index (χ0) is 13.3. The lowest BCUT2D eigenvalue weighted by atomic mass is 9.51. The van der Waals surface area contributed by atoms with Crippen molar-refractivity contribution in [1.82, 2.24) is 4.90 Å². The van der Waals surface area contributed by atoms with E-state index >= 15 is 0 Å². The number of piperidine rings is 1. The van der Waals surface area contributed by atoms with E-state index in [0.717, 1.165) is 32.1 Å². The molecule has 2 saturated carbocycles. The van der Waals surface area contributed by atoms with Gasteiger partial charge in [-0.15, -0.1) is 24.0 Å². The minimum atomic E-state index is 0. The fraction of sp³-hybridized carbons (Fsp3) is 0.933. The second kappa shape index (κ2) is 6.81. The number of guanidine groups is 1. The summed E-state index contributed by atoms with van der Waals surface area (Å²) >= 11 is 0. The first kappa shape index (κ1) is 16.3. The summed E-state index contributed by atoms with van der Waals surface area (Å²) in [5, 5.41) is 0. The Morgan fingerprint density at radius 2 is 1.95 bits per heavy atom. The fourth-order valence-corrected chi connectivity index (χ4v) is 3.95. The second-order valence-electron chi connectivity index (χ2n) is 6.32. The summed E-state index contributed by atoms with van der Waals surface area (Å²) in [6.45, 7) is 5.09. The van der Waals surface area contributed by atoms with Gasteiger partial charge in [0, 0.05) is 25.1 Å². The van der Waals surface area contributed by atoms with Crippen molar-refractivity contribution in [2.45, 2.75) is 64.0 Å². The highest BCUT2D eigenvalue weighted by Gasteiger charge is 2.59. The van der Waals surface area contributed by atoms with Crippen molar-refractivity contribution in [2.24, 2.45) is 16.1 Å². The van der Waals surface area contributed by atoms with Gasteiger partial charge in [-0.3, -0.25) is 0 Å². The number of nitrogens with two attached hydrogens (primary N) is 1. The summed E-state index contributed by atoms with van der Waals surface area (Å²) in [4.78, 5) is 7.12. The molecule has 0 aromatic carbocycles. The minimum Gasteiger partial charge on any atom is -0.378 e. The maximum atomic E-state index is 6.21. The molecule has 3 rings (SSSR count). The Hall–Kier alpha value is -0.0400. The molecule has 1 heterocycles. The summed E-state index contributed by atoms with van der Waals surface area (Å²) in [7, 11) is 0. The van der Waals surface area contributed by atoms with Gasteiger partial charge in [-0.25, -0.2) is 4.99 Å². The molecule has 5 heteroatoms. The average Bonchev–Trinajstić information content (AvgIpc) is 2.36. The third-order valence-electron chi connectivity index (χ3n) is 5.36. The smallest absolute Gasteiger partial charge is 0.191 e. The van der Waals surface area contributed by atoms with E-state index in [4.69, 9.17) is 15.5 Å². The van der Waals surface area contributed by atoms with Gasteiger partial charge in [0.2, 0.25) is 0 Å². The molecule has 0 radical (unpaired) electrons. The highest BCUT2D eigenvalue weighted by molar-refractivity contribution is 14.0. The number of ether oxygens (including phenoxy) is 1. The third-order valence-corrected chi connectivity index (χ3v) is 5.36. The number of hydrogen-bond donors (Lipinski definition) is 1. The van der Waals surface area contributed by atoms with Crippen LogP contribution in [0, 0.1) is 5.41 Å². The number of hydrogen-bond acceptors (Lipinski definition) is 2. The van der Waals surface area contributed by atoms with E-state index in [9.17, 15) is 0 Å². The van der Waals surface area contributed by atoms with Crippen LogP contribution in [0.25, 0.3) is 0 Å². The maximum absolute atomic E-state index is 6.21. The topological polar surface area (TPSA) is 50.9 Å². The predicted molar refractivity (Wildman–Crippen MR) is 92.6 cm³/mol. The van der Waals surface area contributed by atoms with Crippen molar-refractivity contribution < 1.29 is 4.74 Å². The SMILES string of the molecule is CCOC1CC(N=C(N)N2CCCCC2)C12CCC2.I. The van der Waals surface area contributed by atoms with Crippen molar-refractivity contribution in [3.05, 3.63) is 0 Å². The lowest BCUT2D eigenvalue weighted by Gasteiger charge is -2.59. The van der Waals surface area contributed by atoms with Gasteiger partial charge in [0.15, 0.2) is 5.96 Å². The number of halogens is 1. The molecule has 20 heavy (non-hydrogen) atoms. The standard InChI is InChI=1S/C15H27N3O.HI/c1-2-19-13-11-12(15(13)7-6-8-15)17-14(16)18-9-4-3-5-10-18;/h12-13H,2-11H2,1H3,(H2,16,17);1H. The van der Waals surface area contributed by atoms with Crippen molar-refractivity contribution >= 4 is 29.9 Å². The summed E-state index contributed by atoms with van der Waals surface area (Å²) < 4.78 is 5.87. The molecule has 1 saturated heterocycles. The lowest BCUT2D eigenvalue weighted by molar-refractivity contribution is -0.162. The first-order valence-electron chi connectivity index (χ1n) is 7.96. The minimum absolute atomic E-state index is 0. The molecule has 3 aliphatic rings. The average molecular weight is 393 g/mol. The summed E-state index contributed by atoms with van der Waals surface area (Å²) in [6, 6.07) is 0.416. The first-order chi connectivity index (χ1) is 9.26. The fourth-order valence-electron chi connectivity index (χ4n) is 3.95. The number of likely N-dealkylation sites (tertiary alicyclic amines) is 1.